The van der Waals surface area contributed by atoms with Crippen LogP contribution in [0.2, 0.25) is 0 Å². The minimum absolute atomic E-state index is 0. The predicted molar refractivity (Wildman–Crippen MR) is 139 cm³/mol. The van der Waals surface area contributed by atoms with Crippen LogP contribution in [-0.4, -0.2) is 46.7 Å². The van der Waals surface area contributed by atoms with Crippen molar-refractivity contribution in [1.82, 2.24) is 19.8 Å². The molecule has 0 aliphatic carbocycles. The normalized spacial score (nSPS) is 16.5. The van der Waals surface area contributed by atoms with Crippen molar-refractivity contribution in [2.45, 2.75) is 33.0 Å². The molecule has 2 heterocycles. The highest BCUT2D eigenvalue weighted by atomic mass is 127. The summed E-state index contributed by atoms with van der Waals surface area (Å²) >= 11 is 0. The molecular formula is C25H32IN5O. The molecule has 1 aromatic heterocycles. The topological polar surface area (TPSA) is 54.7 Å². The van der Waals surface area contributed by atoms with Gasteiger partial charge in [0.2, 0.25) is 0 Å². The van der Waals surface area contributed by atoms with E-state index in [-0.39, 0.29) is 30.1 Å². The van der Waals surface area contributed by atoms with Gasteiger partial charge in [0, 0.05) is 32.0 Å². The average molecular weight is 545 g/mol. The van der Waals surface area contributed by atoms with Crippen molar-refractivity contribution < 1.29 is 4.74 Å². The molecule has 1 aliphatic heterocycles. The van der Waals surface area contributed by atoms with Gasteiger partial charge in [-0.15, -0.1) is 24.0 Å². The van der Waals surface area contributed by atoms with E-state index in [1.807, 2.05) is 18.7 Å². The van der Waals surface area contributed by atoms with Crippen LogP contribution >= 0.6 is 24.0 Å². The molecule has 1 aliphatic rings. The van der Waals surface area contributed by atoms with Crippen molar-refractivity contribution in [3.8, 4) is 0 Å². The number of rotatable bonds is 6. The van der Waals surface area contributed by atoms with Crippen molar-refractivity contribution in [1.29, 1.82) is 0 Å². The summed E-state index contributed by atoms with van der Waals surface area (Å²) in [6.07, 6.45) is 5.70. The summed E-state index contributed by atoms with van der Waals surface area (Å²) < 4.78 is 8.18. The molecule has 170 valence electrons. The first kappa shape index (κ1) is 24.3. The molecule has 1 atom stereocenters. The van der Waals surface area contributed by atoms with Gasteiger partial charge in [-0.05, 0) is 36.1 Å². The van der Waals surface area contributed by atoms with E-state index in [0.29, 0.717) is 13.2 Å². The fourth-order valence-corrected chi connectivity index (χ4v) is 3.99. The summed E-state index contributed by atoms with van der Waals surface area (Å²) in [6, 6.07) is 17.1. The molecule has 0 bridgehead atoms. The summed E-state index contributed by atoms with van der Waals surface area (Å²) in [5.74, 6) is 0.949. The molecule has 1 N–H and O–H groups in total. The number of hydrogen-bond donors (Lipinski definition) is 1. The molecule has 7 heteroatoms. The van der Waals surface area contributed by atoms with Gasteiger partial charge in [0.15, 0.2) is 5.96 Å². The van der Waals surface area contributed by atoms with Crippen LogP contribution in [0.3, 0.4) is 0 Å². The van der Waals surface area contributed by atoms with Crippen LogP contribution in [0.4, 0.5) is 0 Å². The van der Waals surface area contributed by atoms with E-state index in [0.717, 1.165) is 32.1 Å². The van der Waals surface area contributed by atoms with E-state index in [4.69, 9.17) is 9.73 Å². The van der Waals surface area contributed by atoms with Gasteiger partial charge < -0.3 is 19.5 Å². The van der Waals surface area contributed by atoms with Gasteiger partial charge in [0.05, 0.1) is 26.0 Å². The van der Waals surface area contributed by atoms with Crippen LogP contribution in [0, 0.1) is 6.92 Å². The molecule has 1 fully saturated rings. The third-order valence-corrected chi connectivity index (χ3v) is 5.56. The van der Waals surface area contributed by atoms with E-state index in [2.05, 4.69) is 82.1 Å². The molecule has 0 radical (unpaired) electrons. The van der Waals surface area contributed by atoms with E-state index in [9.17, 15) is 0 Å². The van der Waals surface area contributed by atoms with Gasteiger partial charge >= 0.3 is 0 Å². The van der Waals surface area contributed by atoms with E-state index in [1.54, 1.807) is 0 Å². The molecule has 4 rings (SSSR count). The van der Waals surface area contributed by atoms with Crippen LogP contribution in [0.25, 0.3) is 0 Å². The fraction of sp³-hybridized carbons (Fsp3) is 0.360. The molecule has 0 amide bonds. The lowest BCUT2D eigenvalue weighted by Gasteiger charge is -2.35. The van der Waals surface area contributed by atoms with Crippen LogP contribution in [0.15, 0.2) is 72.2 Å². The Bertz CT molecular complexity index is 1010. The van der Waals surface area contributed by atoms with Gasteiger partial charge in [-0.2, -0.15) is 0 Å². The number of nitrogens with one attached hydrogen (secondary N) is 1. The second-order valence-electron chi connectivity index (χ2n) is 7.89. The van der Waals surface area contributed by atoms with Gasteiger partial charge in [-0.3, -0.25) is 0 Å². The maximum atomic E-state index is 6.10. The number of benzene rings is 2. The van der Waals surface area contributed by atoms with E-state index in [1.165, 1.54) is 22.3 Å². The minimum atomic E-state index is 0. The summed E-state index contributed by atoms with van der Waals surface area (Å²) in [5.41, 5.74) is 4.99. The molecule has 3 aromatic rings. The first-order chi connectivity index (χ1) is 15.2. The Morgan fingerprint density at radius 2 is 2.03 bits per heavy atom. The van der Waals surface area contributed by atoms with Crippen molar-refractivity contribution in [2.24, 2.45) is 4.99 Å². The third kappa shape index (κ3) is 6.32. The summed E-state index contributed by atoms with van der Waals surface area (Å²) in [5, 5.41) is 3.47. The molecule has 0 saturated carbocycles. The van der Waals surface area contributed by atoms with Crippen molar-refractivity contribution in [2.75, 3.05) is 26.2 Å². The molecule has 32 heavy (non-hydrogen) atoms. The first-order valence-electron chi connectivity index (χ1n) is 11.0. The van der Waals surface area contributed by atoms with Gasteiger partial charge in [-0.25, -0.2) is 9.98 Å². The van der Waals surface area contributed by atoms with Crippen LogP contribution in [0.5, 0.6) is 0 Å². The van der Waals surface area contributed by atoms with E-state index < -0.39 is 0 Å². The Morgan fingerprint density at radius 3 is 2.81 bits per heavy atom. The third-order valence-electron chi connectivity index (χ3n) is 5.56. The zero-order chi connectivity index (χ0) is 21.5. The quantitative estimate of drug-likeness (QED) is 0.284. The Labute approximate surface area is 207 Å². The Morgan fingerprint density at radius 1 is 1.19 bits per heavy atom. The largest absolute Gasteiger partial charge is 0.370 e. The maximum Gasteiger partial charge on any atom is 0.194 e. The molecule has 0 spiro atoms. The highest BCUT2D eigenvalue weighted by molar-refractivity contribution is 14.0. The lowest BCUT2D eigenvalue weighted by atomic mass is 10.0. The monoisotopic (exact) mass is 545 g/mol. The second kappa shape index (κ2) is 12.0. The molecule has 1 unspecified atom stereocenters. The number of aromatic nitrogens is 2. The number of ether oxygens (including phenoxy) is 1. The van der Waals surface area contributed by atoms with Crippen LogP contribution < -0.4 is 5.32 Å². The smallest absolute Gasteiger partial charge is 0.194 e. The molecule has 1 saturated heterocycles. The number of morpholine rings is 1. The lowest BCUT2D eigenvalue weighted by molar-refractivity contribution is -0.00834. The SMILES string of the molecule is CCNC(=NCc1cccc(Cn2ccnc2)c1)N1CCOC(c2ccccc2C)C1.I. The van der Waals surface area contributed by atoms with Gasteiger partial charge in [0.1, 0.15) is 6.10 Å². The standard InChI is InChI=1S/C25H31N5O.HI/c1-3-27-25(30-13-14-31-24(18-30)23-10-5-4-7-20(23)2)28-16-21-8-6-9-22(15-21)17-29-12-11-26-19-29;/h4-12,15,19,24H,3,13-14,16-18H2,1-2H3,(H,27,28);1H. The number of imidazole rings is 1. The van der Waals surface area contributed by atoms with Crippen molar-refractivity contribution in [3.63, 3.8) is 0 Å². The average Bonchev–Trinajstić information content (AvgIpc) is 3.30. The molecule has 2 aromatic carbocycles. The van der Waals surface area contributed by atoms with Gasteiger partial charge in [0.25, 0.3) is 0 Å². The summed E-state index contributed by atoms with van der Waals surface area (Å²) in [7, 11) is 0. The molecule has 6 nitrogen and oxygen atoms in total. The maximum absolute atomic E-state index is 6.10. The minimum Gasteiger partial charge on any atom is -0.370 e. The fourth-order valence-electron chi connectivity index (χ4n) is 3.99. The van der Waals surface area contributed by atoms with Gasteiger partial charge in [-0.1, -0.05) is 48.5 Å². The lowest BCUT2D eigenvalue weighted by Crippen LogP contribution is -2.48. The summed E-state index contributed by atoms with van der Waals surface area (Å²) in [4.78, 5) is 11.4. The summed E-state index contributed by atoms with van der Waals surface area (Å²) in [6.45, 7) is 8.90. The number of hydrogen-bond acceptors (Lipinski definition) is 3. The number of nitrogens with zero attached hydrogens (tertiary/aromatic N) is 4. The second-order valence-corrected chi connectivity index (χ2v) is 7.89. The Balaban J connectivity index is 0.00000289. The van der Waals surface area contributed by atoms with Crippen molar-refractivity contribution in [3.05, 3.63) is 89.5 Å². The zero-order valence-corrected chi connectivity index (χ0v) is 21.1. The first-order valence-corrected chi connectivity index (χ1v) is 11.0. The number of guanidine groups is 1. The zero-order valence-electron chi connectivity index (χ0n) is 18.8. The highest BCUT2D eigenvalue weighted by Crippen LogP contribution is 2.25. The predicted octanol–water partition coefficient (Wildman–Crippen LogP) is 4.40. The van der Waals surface area contributed by atoms with Crippen molar-refractivity contribution >= 4 is 29.9 Å². The number of aliphatic imine (C=N–C) groups is 1. The number of aryl methyl sites for hydroxylation is 1. The van der Waals surface area contributed by atoms with E-state index >= 15 is 0 Å². The van der Waals surface area contributed by atoms with Crippen LogP contribution in [-0.2, 0) is 17.8 Å². The highest BCUT2D eigenvalue weighted by Gasteiger charge is 2.25. The molecular weight excluding hydrogens is 513 g/mol. The van der Waals surface area contributed by atoms with Crippen LogP contribution in [0.1, 0.15) is 35.3 Å². The Kier molecular flexibility index (Phi) is 9.11. The Hall–Kier alpha value is -2.39. The number of halogens is 1.